The van der Waals surface area contributed by atoms with Crippen molar-refractivity contribution in [3.8, 4) is 11.8 Å². The van der Waals surface area contributed by atoms with E-state index in [0.29, 0.717) is 0 Å². The van der Waals surface area contributed by atoms with Crippen molar-refractivity contribution in [1.82, 2.24) is 4.98 Å². The number of ether oxygens (including phenoxy) is 1. The summed E-state index contributed by atoms with van der Waals surface area (Å²) in [6.07, 6.45) is -5.18. The molecule has 1 aromatic rings. The second kappa shape index (κ2) is 4.51. The van der Waals surface area contributed by atoms with Crippen molar-refractivity contribution in [2.24, 2.45) is 0 Å². The van der Waals surface area contributed by atoms with Crippen LogP contribution in [0.15, 0.2) is 11.1 Å². The first kappa shape index (κ1) is 14.3. The fourth-order valence-corrected chi connectivity index (χ4v) is 1.87. The highest BCUT2D eigenvalue weighted by molar-refractivity contribution is 8.13. The van der Waals surface area contributed by atoms with E-state index in [0.717, 1.165) is 6.07 Å². The molecule has 1 rings (SSSR count). The highest BCUT2D eigenvalue weighted by Crippen LogP contribution is 2.35. The third-order valence-electron chi connectivity index (χ3n) is 1.53. The first-order valence-corrected chi connectivity index (χ1v) is 6.26. The molecule has 0 saturated heterocycles. The number of halogens is 4. The summed E-state index contributed by atoms with van der Waals surface area (Å²) in [7, 11) is 0.235. The minimum absolute atomic E-state index is 0.513. The topological polar surface area (TPSA) is 106 Å². The fourth-order valence-electron chi connectivity index (χ4n) is 0.970. The number of hydrogen-bond donors (Lipinski definition) is 1. The van der Waals surface area contributed by atoms with E-state index in [4.69, 9.17) is 21.7 Å². The Morgan fingerprint density at radius 3 is 2.44 bits per heavy atom. The van der Waals surface area contributed by atoms with Gasteiger partial charge in [-0.2, -0.15) is 5.26 Å². The van der Waals surface area contributed by atoms with Gasteiger partial charge in [-0.15, -0.1) is 13.2 Å². The van der Waals surface area contributed by atoms with Crippen LogP contribution in [0.2, 0.25) is 0 Å². The van der Waals surface area contributed by atoms with E-state index < -0.39 is 37.6 Å². The maximum atomic E-state index is 12.1. The zero-order valence-electron chi connectivity index (χ0n) is 8.19. The molecule has 0 aromatic carbocycles. The molecule has 0 saturated carbocycles. The number of nitrogens with zero attached hydrogens (tertiary/aromatic N) is 2. The van der Waals surface area contributed by atoms with E-state index in [9.17, 15) is 21.6 Å². The first-order valence-electron chi connectivity index (χ1n) is 3.95. The van der Waals surface area contributed by atoms with Crippen LogP contribution in [-0.2, 0) is 9.05 Å². The lowest BCUT2D eigenvalue weighted by molar-refractivity contribution is -0.275. The van der Waals surface area contributed by atoms with E-state index in [1.54, 1.807) is 0 Å². The van der Waals surface area contributed by atoms with E-state index in [1.807, 2.05) is 0 Å². The van der Waals surface area contributed by atoms with Crippen molar-refractivity contribution < 1.29 is 26.3 Å². The van der Waals surface area contributed by atoms with Crippen LogP contribution in [0.3, 0.4) is 0 Å². The summed E-state index contributed by atoms with van der Waals surface area (Å²) >= 11 is 0. The minimum atomic E-state index is -5.18. The van der Waals surface area contributed by atoms with Gasteiger partial charge in [-0.3, -0.25) is 0 Å². The van der Waals surface area contributed by atoms with Gasteiger partial charge in [0.2, 0.25) is 5.03 Å². The van der Waals surface area contributed by atoms with Crippen LogP contribution in [0.4, 0.5) is 18.9 Å². The molecule has 2 N–H and O–H groups in total. The number of nitriles is 1. The lowest BCUT2D eigenvalue weighted by atomic mass is 10.3. The molecule has 98 valence electrons. The Morgan fingerprint density at radius 1 is 1.50 bits per heavy atom. The van der Waals surface area contributed by atoms with E-state index in [-0.39, 0.29) is 0 Å². The monoisotopic (exact) mass is 301 g/mol. The Balaban J connectivity index is 3.55. The van der Waals surface area contributed by atoms with Crippen LogP contribution >= 0.6 is 10.7 Å². The van der Waals surface area contributed by atoms with Gasteiger partial charge in [0.05, 0.1) is 5.69 Å². The number of nitrogen functional groups attached to an aromatic ring is 1. The highest BCUT2D eigenvalue weighted by Gasteiger charge is 2.36. The summed E-state index contributed by atoms with van der Waals surface area (Å²) in [5.74, 6) is -1.27. The van der Waals surface area contributed by atoms with Gasteiger partial charge < -0.3 is 10.5 Å². The third-order valence-corrected chi connectivity index (χ3v) is 2.71. The molecular weight excluding hydrogens is 299 g/mol. The molecule has 0 aliphatic carbocycles. The summed E-state index contributed by atoms with van der Waals surface area (Å²) < 4.78 is 61.7. The van der Waals surface area contributed by atoms with Crippen LogP contribution in [0, 0.1) is 11.3 Å². The number of anilines is 1. The van der Waals surface area contributed by atoms with E-state index in [1.165, 1.54) is 6.07 Å². The Kier molecular flexibility index (Phi) is 3.59. The fraction of sp³-hybridized carbons (Fsp3) is 0.143. The smallest absolute Gasteiger partial charge is 0.400 e. The predicted octanol–water partition coefficient (Wildman–Crippen LogP) is 1.36. The Bertz CT molecular complexity index is 623. The van der Waals surface area contributed by atoms with Gasteiger partial charge in [0.1, 0.15) is 11.8 Å². The van der Waals surface area contributed by atoms with Crippen molar-refractivity contribution in [3.63, 3.8) is 0 Å². The Hall–Kier alpha value is -1.73. The van der Waals surface area contributed by atoms with Crippen molar-refractivity contribution in [2.45, 2.75) is 11.4 Å². The lowest BCUT2D eigenvalue weighted by Crippen LogP contribution is -2.20. The molecule has 0 atom stereocenters. The molecular formula is C7H3ClF3N3O3S. The number of hydrogen-bond acceptors (Lipinski definition) is 6. The number of pyridine rings is 1. The molecule has 0 amide bonds. The maximum absolute atomic E-state index is 12.1. The van der Waals surface area contributed by atoms with Crippen LogP contribution in [0.5, 0.6) is 5.75 Å². The average molecular weight is 302 g/mol. The van der Waals surface area contributed by atoms with Gasteiger partial charge >= 0.3 is 6.36 Å². The lowest BCUT2D eigenvalue weighted by Gasteiger charge is -2.13. The Morgan fingerprint density at radius 2 is 2.06 bits per heavy atom. The molecule has 0 aliphatic rings. The van der Waals surface area contributed by atoms with Gasteiger partial charge in [0.25, 0.3) is 9.05 Å². The second-order valence-electron chi connectivity index (χ2n) is 2.83. The van der Waals surface area contributed by atoms with E-state index >= 15 is 0 Å². The summed E-state index contributed by atoms with van der Waals surface area (Å²) in [4.78, 5) is 3.12. The number of rotatable bonds is 2. The molecule has 0 aliphatic heterocycles. The summed E-state index contributed by atoms with van der Waals surface area (Å²) in [5.41, 5.74) is 3.93. The molecule has 0 spiro atoms. The van der Waals surface area contributed by atoms with Crippen molar-refractivity contribution in [1.29, 1.82) is 5.26 Å². The average Bonchev–Trinajstić information content (AvgIpc) is 2.17. The molecule has 1 heterocycles. The van der Waals surface area contributed by atoms with E-state index in [2.05, 4.69) is 9.72 Å². The SMILES string of the molecule is N#Cc1cc(N)c(OC(F)(F)F)c(S(=O)(=O)Cl)n1. The number of nitrogens with two attached hydrogens (primary N) is 1. The molecule has 18 heavy (non-hydrogen) atoms. The van der Waals surface area contributed by atoms with Gasteiger partial charge in [-0.05, 0) is 0 Å². The molecule has 6 nitrogen and oxygen atoms in total. The molecule has 0 bridgehead atoms. The zero-order chi connectivity index (χ0) is 14.1. The molecule has 11 heteroatoms. The summed E-state index contributed by atoms with van der Waals surface area (Å²) in [6, 6.07) is 2.15. The summed E-state index contributed by atoms with van der Waals surface area (Å²) in [6.45, 7) is 0. The highest BCUT2D eigenvalue weighted by atomic mass is 35.7. The first-order chi connectivity index (χ1) is 8.04. The van der Waals surface area contributed by atoms with Crippen molar-refractivity contribution in [3.05, 3.63) is 11.8 Å². The van der Waals surface area contributed by atoms with Crippen LogP contribution < -0.4 is 10.5 Å². The van der Waals surface area contributed by atoms with Crippen LogP contribution in [-0.4, -0.2) is 19.8 Å². The van der Waals surface area contributed by atoms with Gasteiger partial charge in [0.15, 0.2) is 5.75 Å². The maximum Gasteiger partial charge on any atom is 0.573 e. The largest absolute Gasteiger partial charge is 0.573 e. The predicted molar refractivity (Wildman–Crippen MR) is 53.1 cm³/mol. The van der Waals surface area contributed by atoms with Crippen molar-refractivity contribution >= 4 is 25.4 Å². The standard InChI is InChI=1S/C7H3ClF3N3O3S/c8-18(15,16)6-5(17-7(9,10)11)4(13)1-3(2-12)14-6/h1H,(H2,13,14). The van der Waals surface area contributed by atoms with Crippen LogP contribution in [0.25, 0.3) is 0 Å². The van der Waals surface area contributed by atoms with Gasteiger partial charge in [0, 0.05) is 16.7 Å². The zero-order valence-corrected chi connectivity index (χ0v) is 9.77. The Labute approximate surface area is 103 Å². The quantitative estimate of drug-likeness (QED) is 0.827. The normalized spacial score (nSPS) is 11.9. The van der Waals surface area contributed by atoms with Gasteiger partial charge in [-0.1, -0.05) is 0 Å². The minimum Gasteiger partial charge on any atom is -0.400 e. The second-order valence-corrected chi connectivity index (χ2v) is 5.31. The molecule has 1 aromatic heterocycles. The van der Waals surface area contributed by atoms with Crippen molar-refractivity contribution in [2.75, 3.05) is 5.73 Å². The number of aromatic nitrogens is 1. The molecule has 0 radical (unpaired) electrons. The summed E-state index contributed by atoms with van der Waals surface area (Å²) in [5, 5.41) is 7.24. The third kappa shape index (κ3) is 3.38. The molecule has 0 unspecified atom stereocenters. The van der Waals surface area contributed by atoms with Crippen LogP contribution in [0.1, 0.15) is 5.69 Å². The van der Waals surface area contributed by atoms with Gasteiger partial charge in [-0.25, -0.2) is 13.4 Å². The molecule has 0 fully saturated rings. The number of alkyl halides is 3.